The Morgan fingerprint density at radius 2 is 1.66 bits per heavy atom. The summed E-state index contributed by atoms with van der Waals surface area (Å²) in [5.41, 5.74) is 3.92. The molecule has 0 spiro atoms. The van der Waals surface area contributed by atoms with Crippen molar-refractivity contribution in [3.8, 4) is 11.1 Å². The van der Waals surface area contributed by atoms with Crippen LogP contribution in [0.1, 0.15) is 52.5 Å². The predicted octanol–water partition coefficient (Wildman–Crippen LogP) is 4.41. The smallest absolute Gasteiger partial charge is 0.407 e. The van der Waals surface area contributed by atoms with Crippen molar-refractivity contribution in [2.75, 3.05) is 6.61 Å². The van der Waals surface area contributed by atoms with Crippen molar-refractivity contribution in [2.45, 2.75) is 39.3 Å². The number of fused-ring (bicyclic) bond motifs is 3. The highest BCUT2D eigenvalue weighted by Gasteiger charge is 2.33. The van der Waals surface area contributed by atoms with E-state index >= 15 is 0 Å². The van der Waals surface area contributed by atoms with Crippen LogP contribution in [0.4, 0.5) is 4.79 Å². The van der Waals surface area contributed by atoms with Gasteiger partial charge in [-0.25, -0.2) is 14.6 Å². The van der Waals surface area contributed by atoms with Crippen LogP contribution in [0.25, 0.3) is 11.1 Å². The summed E-state index contributed by atoms with van der Waals surface area (Å²) >= 11 is 1.09. The molecule has 1 atom stereocenters. The van der Waals surface area contributed by atoms with Crippen LogP contribution in [0.5, 0.6) is 0 Å². The van der Waals surface area contributed by atoms with Gasteiger partial charge < -0.3 is 20.5 Å². The van der Waals surface area contributed by atoms with E-state index in [-0.39, 0.29) is 23.9 Å². The number of alkyl carbamates (subject to hydrolysis) is 1. The highest BCUT2D eigenvalue weighted by molar-refractivity contribution is 7.13. The molecule has 2 amide bonds. The zero-order chi connectivity index (χ0) is 25.2. The summed E-state index contributed by atoms with van der Waals surface area (Å²) in [7, 11) is 0. The van der Waals surface area contributed by atoms with E-state index in [1.807, 2.05) is 24.3 Å². The van der Waals surface area contributed by atoms with Gasteiger partial charge in [-0.3, -0.25) is 4.79 Å². The van der Waals surface area contributed by atoms with Crippen LogP contribution in [0.2, 0.25) is 0 Å². The molecule has 0 fully saturated rings. The van der Waals surface area contributed by atoms with Gasteiger partial charge in [0.1, 0.15) is 22.5 Å². The van der Waals surface area contributed by atoms with Crippen molar-refractivity contribution in [3.05, 3.63) is 75.7 Å². The van der Waals surface area contributed by atoms with E-state index in [0.717, 1.165) is 33.6 Å². The van der Waals surface area contributed by atoms with E-state index in [1.165, 1.54) is 6.20 Å². The van der Waals surface area contributed by atoms with Gasteiger partial charge >= 0.3 is 12.1 Å². The number of rotatable bonds is 7. The van der Waals surface area contributed by atoms with Crippen molar-refractivity contribution < 1.29 is 24.2 Å². The van der Waals surface area contributed by atoms with E-state index in [2.05, 4.69) is 39.9 Å². The van der Waals surface area contributed by atoms with E-state index in [9.17, 15) is 19.5 Å². The average molecular weight is 494 g/mol. The van der Waals surface area contributed by atoms with Crippen LogP contribution < -0.4 is 10.6 Å². The normalized spacial score (nSPS) is 13.5. The summed E-state index contributed by atoms with van der Waals surface area (Å²) < 4.78 is 5.51. The highest BCUT2D eigenvalue weighted by atomic mass is 32.1. The van der Waals surface area contributed by atoms with E-state index in [4.69, 9.17) is 4.74 Å². The van der Waals surface area contributed by atoms with Crippen LogP contribution >= 0.6 is 11.3 Å². The Morgan fingerprint density at radius 3 is 2.23 bits per heavy atom. The summed E-state index contributed by atoms with van der Waals surface area (Å²) in [5.74, 6) is -1.65. The summed E-state index contributed by atoms with van der Waals surface area (Å²) in [6, 6.07) is 15.2. The maximum absolute atomic E-state index is 12.5. The first-order chi connectivity index (χ1) is 16.6. The average Bonchev–Trinajstić information content (AvgIpc) is 3.42. The molecule has 1 aliphatic rings. The third-order valence-electron chi connectivity index (χ3n) is 5.89. The molecule has 0 bridgehead atoms. The molecule has 9 heteroatoms. The Kier molecular flexibility index (Phi) is 6.88. The van der Waals surface area contributed by atoms with Gasteiger partial charge in [-0.15, -0.1) is 11.3 Å². The summed E-state index contributed by atoms with van der Waals surface area (Å²) in [6.07, 6.45) is 0.794. The number of benzene rings is 2. The molecule has 3 aromatic rings. The van der Waals surface area contributed by atoms with Gasteiger partial charge in [0.05, 0.1) is 12.7 Å². The third kappa shape index (κ3) is 5.35. The number of carbonyl (C=O) groups excluding carboxylic acids is 2. The molecule has 3 N–H and O–H groups in total. The lowest BCUT2D eigenvalue weighted by molar-refractivity contribution is -0.142. The first-order valence-corrected chi connectivity index (χ1v) is 12.0. The molecule has 0 saturated heterocycles. The van der Waals surface area contributed by atoms with Gasteiger partial charge in [-0.2, -0.15) is 0 Å². The maximum Gasteiger partial charge on any atom is 0.407 e. The number of hydrogen-bond acceptors (Lipinski definition) is 6. The van der Waals surface area contributed by atoms with Crippen LogP contribution in [0.3, 0.4) is 0 Å². The number of hydrogen-bond donors (Lipinski definition) is 3. The van der Waals surface area contributed by atoms with Gasteiger partial charge in [0.25, 0.3) is 5.91 Å². The largest absolute Gasteiger partial charge is 0.480 e. The molecule has 182 valence electrons. The predicted molar refractivity (Wildman–Crippen MR) is 132 cm³/mol. The number of nitrogens with one attached hydrogen (secondary N) is 2. The van der Waals surface area contributed by atoms with Crippen molar-refractivity contribution in [1.29, 1.82) is 0 Å². The van der Waals surface area contributed by atoms with Gasteiger partial charge in [-0.1, -0.05) is 69.3 Å². The monoisotopic (exact) mass is 493 g/mol. The minimum Gasteiger partial charge on any atom is -0.480 e. The van der Waals surface area contributed by atoms with Crippen molar-refractivity contribution in [1.82, 2.24) is 15.6 Å². The highest BCUT2D eigenvalue weighted by Crippen LogP contribution is 2.44. The number of nitrogens with zero attached hydrogens (tertiary/aromatic N) is 1. The zero-order valence-corrected chi connectivity index (χ0v) is 20.5. The number of aromatic nitrogens is 1. The quantitative estimate of drug-likeness (QED) is 0.449. The number of aliphatic carboxylic acids is 1. The lowest BCUT2D eigenvalue weighted by Gasteiger charge is -2.27. The molecule has 1 aromatic heterocycles. The van der Waals surface area contributed by atoms with Crippen LogP contribution in [-0.4, -0.2) is 40.7 Å². The van der Waals surface area contributed by atoms with Crippen molar-refractivity contribution in [3.63, 3.8) is 0 Å². The lowest BCUT2D eigenvalue weighted by Crippen LogP contribution is -2.48. The summed E-state index contributed by atoms with van der Waals surface area (Å²) in [4.78, 5) is 40.8. The minimum absolute atomic E-state index is 0.0340. The molecule has 0 radical (unpaired) electrons. The molecule has 2 aromatic carbocycles. The van der Waals surface area contributed by atoms with Gasteiger partial charge in [0.2, 0.25) is 0 Å². The van der Waals surface area contributed by atoms with E-state index < -0.39 is 29.4 Å². The van der Waals surface area contributed by atoms with Crippen molar-refractivity contribution in [2.24, 2.45) is 5.41 Å². The SMILES string of the molecule is CC(C)(C)C(NC(=O)c1cnc(CNC(=O)OCC2c3ccccc3-c3ccccc32)s1)C(=O)O. The Morgan fingerprint density at radius 1 is 1.06 bits per heavy atom. The lowest BCUT2D eigenvalue weighted by atomic mass is 9.87. The fourth-order valence-electron chi connectivity index (χ4n) is 4.15. The molecule has 1 aliphatic carbocycles. The molecule has 4 rings (SSSR count). The van der Waals surface area contributed by atoms with E-state index in [0.29, 0.717) is 5.01 Å². The first-order valence-electron chi connectivity index (χ1n) is 11.2. The molecule has 1 heterocycles. The minimum atomic E-state index is -1.10. The molecule has 1 unspecified atom stereocenters. The molecule has 8 nitrogen and oxygen atoms in total. The van der Waals surface area contributed by atoms with Crippen molar-refractivity contribution >= 4 is 29.3 Å². The molecular weight excluding hydrogens is 466 g/mol. The van der Waals surface area contributed by atoms with Crippen LogP contribution in [0, 0.1) is 5.41 Å². The number of carboxylic acids is 1. The number of amides is 2. The van der Waals surface area contributed by atoms with Crippen LogP contribution in [-0.2, 0) is 16.1 Å². The second-order valence-electron chi connectivity index (χ2n) is 9.41. The van der Waals surface area contributed by atoms with Gasteiger partial charge in [0, 0.05) is 5.92 Å². The zero-order valence-electron chi connectivity index (χ0n) is 19.7. The van der Waals surface area contributed by atoms with Crippen LogP contribution in [0.15, 0.2) is 54.7 Å². The standard InChI is InChI=1S/C26H27N3O5S/c1-26(2,3)22(24(31)32)29-23(30)20-12-27-21(35-20)13-28-25(33)34-14-19-17-10-6-4-8-15(17)16-9-5-7-11-18(16)19/h4-12,19,22H,13-14H2,1-3H3,(H,28,33)(H,29,30)(H,31,32). The second kappa shape index (κ2) is 9.87. The molecule has 0 aliphatic heterocycles. The third-order valence-corrected chi connectivity index (χ3v) is 6.89. The summed E-state index contributed by atoms with van der Waals surface area (Å²) in [5, 5.41) is 15.1. The maximum atomic E-state index is 12.5. The summed E-state index contributed by atoms with van der Waals surface area (Å²) in [6.45, 7) is 5.51. The molecule has 35 heavy (non-hydrogen) atoms. The second-order valence-corrected chi connectivity index (χ2v) is 10.5. The fraction of sp³-hybridized carbons (Fsp3) is 0.308. The molecule has 0 saturated carbocycles. The number of carbonyl (C=O) groups is 3. The van der Waals surface area contributed by atoms with E-state index in [1.54, 1.807) is 20.8 Å². The Bertz CT molecular complexity index is 1220. The Labute approximate surface area is 207 Å². The molecular formula is C26H27N3O5S. The first kappa shape index (κ1) is 24.4. The number of thiazole rings is 1. The Balaban J connectivity index is 1.32. The number of ether oxygens (including phenoxy) is 1. The van der Waals surface area contributed by atoms with Gasteiger partial charge in [-0.05, 0) is 27.7 Å². The Hall–Kier alpha value is -3.72. The fourth-order valence-corrected chi connectivity index (χ4v) is 4.91. The number of carboxylic acid groups (broad SMARTS) is 1. The topological polar surface area (TPSA) is 118 Å². The van der Waals surface area contributed by atoms with Gasteiger partial charge in [0.15, 0.2) is 0 Å².